The fourth-order valence-corrected chi connectivity index (χ4v) is 5.07. The van der Waals surface area contributed by atoms with E-state index in [4.69, 9.17) is 4.98 Å². The van der Waals surface area contributed by atoms with Crippen LogP contribution in [0.4, 0.5) is 19.0 Å². The Morgan fingerprint density at radius 3 is 2.62 bits per heavy atom. The standard InChI is InChI=1S/C23H27F3N8/c24-23(25,26)17-3-4-20-28-11-18(34(20)13-17)22-27-6-5-21(31-22)33-8-7-32(12-15-1-2-15)19(14-33)16-9-29-30-10-16/h3-6,11,13,15-16,19,29-30H,1-2,7-10,12,14H2. The van der Waals surface area contributed by atoms with Gasteiger partial charge in [-0.15, -0.1) is 0 Å². The molecule has 0 radical (unpaired) electrons. The van der Waals surface area contributed by atoms with Gasteiger partial charge in [0.05, 0.1) is 11.8 Å². The van der Waals surface area contributed by atoms with Crippen LogP contribution in [0.15, 0.2) is 36.8 Å². The van der Waals surface area contributed by atoms with E-state index in [1.54, 1.807) is 6.20 Å². The first kappa shape index (κ1) is 21.8. The molecule has 0 bridgehead atoms. The average Bonchev–Trinajstić information content (AvgIpc) is 3.31. The zero-order valence-electron chi connectivity index (χ0n) is 18.7. The van der Waals surface area contributed by atoms with Crippen molar-refractivity contribution in [1.29, 1.82) is 0 Å². The number of hydrazine groups is 1. The minimum atomic E-state index is -4.43. The first-order chi connectivity index (χ1) is 16.5. The van der Waals surface area contributed by atoms with E-state index >= 15 is 0 Å². The van der Waals surface area contributed by atoms with E-state index in [1.165, 1.54) is 29.5 Å². The third-order valence-corrected chi connectivity index (χ3v) is 7.15. The summed E-state index contributed by atoms with van der Waals surface area (Å²) in [6, 6.07) is 4.70. The van der Waals surface area contributed by atoms with E-state index in [2.05, 4.69) is 30.6 Å². The Bertz CT molecular complexity index is 1170. The largest absolute Gasteiger partial charge is 0.417 e. The topological polar surface area (TPSA) is 73.6 Å². The number of alkyl halides is 3. The van der Waals surface area contributed by atoms with Crippen molar-refractivity contribution in [2.75, 3.05) is 44.2 Å². The highest BCUT2D eigenvalue weighted by Crippen LogP contribution is 2.33. The summed E-state index contributed by atoms with van der Waals surface area (Å²) in [5, 5.41) is 0. The average molecular weight is 473 g/mol. The molecule has 3 aromatic rings. The van der Waals surface area contributed by atoms with Gasteiger partial charge in [-0.1, -0.05) is 0 Å². The molecule has 2 aliphatic heterocycles. The number of anilines is 1. The SMILES string of the molecule is FC(F)(F)c1ccc2ncc(-c3nccc(N4CCN(CC5CC5)C(C5CNNC5)C4)n3)n2c1. The molecular formula is C23H27F3N8. The van der Waals surface area contributed by atoms with Crippen LogP contribution in [0.1, 0.15) is 18.4 Å². The Balaban J connectivity index is 1.28. The van der Waals surface area contributed by atoms with Crippen molar-refractivity contribution in [3.63, 3.8) is 0 Å². The molecule has 11 heteroatoms. The lowest BCUT2D eigenvalue weighted by Crippen LogP contribution is -2.57. The number of piperazine rings is 1. The Morgan fingerprint density at radius 2 is 1.85 bits per heavy atom. The molecule has 0 amide bonds. The molecule has 3 aromatic heterocycles. The third kappa shape index (κ3) is 4.23. The predicted octanol–water partition coefficient (Wildman–Crippen LogP) is 2.43. The molecular weight excluding hydrogens is 445 g/mol. The first-order valence-electron chi connectivity index (χ1n) is 11.8. The summed E-state index contributed by atoms with van der Waals surface area (Å²) in [7, 11) is 0. The molecule has 3 aliphatic rings. The summed E-state index contributed by atoms with van der Waals surface area (Å²) in [5.74, 6) is 2.51. The van der Waals surface area contributed by atoms with Crippen LogP contribution in [0, 0.1) is 11.8 Å². The Labute approximate surface area is 195 Å². The fraction of sp³-hybridized carbons (Fsp3) is 0.522. The number of nitrogens with zero attached hydrogens (tertiary/aromatic N) is 6. The molecule has 2 saturated heterocycles. The van der Waals surface area contributed by atoms with Crippen LogP contribution in [0.3, 0.4) is 0 Å². The van der Waals surface area contributed by atoms with E-state index in [9.17, 15) is 13.2 Å². The van der Waals surface area contributed by atoms with E-state index in [1.807, 2.05) is 6.07 Å². The van der Waals surface area contributed by atoms with Crippen LogP contribution in [0.2, 0.25) is 0 Å². The lowest BCUT2D eigenvalue weighted by Gasteiger charge is -2.44. The molecule has 1 aliphatic carbocycles. The van der Waals surface area contributed by atoms with Crippen LogP contribution in [-0.4, -0.2) is 69.6 Å². The molecule has 1 saturated carbocycles. The molecule has 180 valence electrons. The first-order valence-corrected chi connectivity index (χ1v) is 11.8. The number of pyridine rings is 1. The third-order valence-electron chi connectivity index (χ3n) is 7.15. The molecule has 2 N–H and O–H groups in total. The van der Waals surface area contributed by atoms with E-state index in [0.717, 1.165) is 63.3 Å². The number of fused-ring (bicyclic) bond motifs is 1. The quantitative estimate of drug-likeness (QED) is 0.591. The van der Waals surface area contributed by atoms with Gasteiger partial charge in [-0.25, -0.2) is 15.0 Å². The van der Waals surface area contributed by atoms with Crippen molar-refractivity contribution >= 4 is 11.5 Å². The van der Waals surface area contributed by atoms with Gasteiger partial charge in [-0.05, 0) is 37.0 Å². The van der Waals surface area contributed by atoms with Gasteiger partial charge in [0.25, 0.3) is 0 Å². The van der Waals surface area contributed by atoms with Crippen molar-refractivity contribution in [2.45, 2.75) is 25.1 Å². The molecule has 6 rings (SSSR count). The number of halogens is 3. The van der Waals surface area contributed by atoms with Gasteiger partial charge in [0.1, 0.15) is 17.2 Å². The molecule has 5 heterocycles. The molecule has 8 nitrogen and oxygen atoms in total. The predicted molar refractivity (Wildman–Crippen MR) is 121 cm³/mol. The van der Waals surface area contributed by atoms with Crippen LogP contribution in [0.5, 0.6) is 0 Å². The molecule has 3 fully saturated rings. The summed E-state index contributed by atoms with van der Waals surface area (Å²) in [4.78, 5) is 18.3. The Kier molecular flexibility index (Phi) is 5.42. The second-order valence-electron chi connectivity index (χ2n) is 9.50. The second-order valence-corrected chi connectivity index (χ2v) is 9.50. The van der Waals surface area contributed by atoms with Gasteiger partial charge < -0.3 is 4.90 Å². The maximum Gasteiger partial charge on any atom is 0.417 e. The molecule has 0 aromatic carbocycles. The van der Waals surface area contributed by atoms with Gasteiger partial charge in [-0.3, -0.25) is 20.2 Å². The summed E-state index contributed by atoms with van der Waals surface area (Å²) < 4.78 is 41.2. The smallest absolute Gasteiger partial charge is 0.354 e. The fourth-order valence-electron chi connectivity index (χ4n) is 5.07. The highest BCUT2D eigenvalue weighted by molar-refractivity contribution is 5.59. The van der Waals surface area contributed by atoms with Gasteiger partial charge in [0.15, 0.2) is 5.82 Å². The monoisotopic (exact) mass is 472 g/mol. The summed E-state index contributed by atoms with van der Waals surface area (Å²) in [6.45, 7) is 5.74. The zero-order valence-corrected chi connectivity index (χ0v) is 18.7. The Morgan fingerprint density at radius 1 is 1.03 bits per heavy atom. The lowest BCUT2D eigenvalue weighted by atomic mass is 9.96. The Hall–Kier alpha value is -2.76. The van der Waals surface area contributed by atoms with Gasteiger partial charge in [-0.2, -0.15) is 13.2 Å². The van der Waals surface area contributed by atoms with Gasteiger partial charge >= 0.3 is 6.18 Å². The van der Waals surface area contributed by atoms with Crippen molar-refractivity contribution in [1.82, 2.24) is 35.1 Å². The summed E-state index contributed by atoms with van der Waals surface area (Å²) in [6.07, 6.45) is 2.49. The number of imidazole rings is 1. The van der Waals surface area contributed by atoms with Crippen LogP contribution in [0.25, 0.3) is 17.2 Å². The number of hydrogen-bond donors (Lipinski definition) is 2. The van der Waals surface area contributed by atoms with E-state index < -0.39 is 11.7 Å². The van der Waals surface area contributed by atoms with Crippen molar-refractivity contribution in [2.24, 2.45) is 11.8 Å². The van der Waals surface area contributed by atoms with Gasteiger partial charge in [0.2, 0.25) is 0 Å². The number of aromatic nitrogens is 4. The van der Waals surface area contributed by atoms with Crippen molar-refractivity contribution < 1.29 is 13.2 Å². The highest BCUT2D eigenvalue weighted by Gasteiger charge is 2.37. The maximum absolute atomic E-state index is 13.3. The minimum absolute atomic E-state index is 0.366. The number of nitrogens with one attached hydrogen (secondary N) is 2. The molecule has 1 atom stereocenters. The summed E-state index contributed by atoms with van der Waals surface area (Å²) >= 11 is 0. The van der Waals surface area contributed by atoms with Crippen molar-refractivity contribution in [3.05, 3.63) is 42.4 Å². The van der Waals surface area contributed by atoms with E-state index in [-0.39, 0.29) is 0 Å². The lowest BCUT2D eigenvalue weighted by molar-refractivity contribution is -0.137. The normalized spacial score (nSPS) is 22.7. The number of hydrogen-bond acceptors (Lipinski definition) is 7. The maximum atomic E-state index is 13.3. The minimum Gasteiger partial charge on any atom is -0.354 e. The second kappa shape index (κ2) is 8.47. The number of rotatable bonds is 5. The van der Waals surface area contributed by atoms with Crippen LogP contribution in [-0.2, 0) is 6.18 Å². The molecule has 0 spiro atoms. The van der Waals surface area contributed by atoms with Crippen LogP contribution >= 0.6 is 0 Å². The van der Waals surface area contributed by atoms with E-state index in [0.29, 0.717) is 29.1 Å². The molecule has 1 unspecified atom stereocenters. The zero-order chi connectivity index (χ0) is 23.3. The van der Waals surface area contributed by atoms with Crippen molar-refractivity contribution in [3.8, 4) is 11.5 Å². The summed E-state index contributed by atoms with van der Waals surface area (Å²) in [5.41, 5.74) is 6.66. The van der Waals surface area contributed by atoms with Gasteiger partial charge in [0, 0.05) is 63.6 Å². The molecule has 34 heavy (non-hydrogen) atoms. The highest BCUT2D eigenvalue weighted by atomic mass is 19.4. The van der Waals surface area contributed by atoms with Crippen LogP contribution < -0.4 is 15.8 Å².